The van der Waals surface area contributed by atoms with Crippen LogP contribution in [0.3, 0.4) is 0 Å². The Morgan fingerprint density at radius 1 is 1.17 bits per heavy atom. The maximum atomic E-state index is 15.7. The minimum atomic E-state index is -4.80. The van der Waals surface area contributed by atoms with Crippen LogP contribution in [0, 0.1) is 5.82 Å². The summed E-state index contributed by atoms with van der Waals surface area (Å²) in [5.41, 5.74) is -0.124. The van der Waals surface area contributed by atoms with Crippen LogP contribution in [0.1, 0.15) is 53.3 Å². The second-order valence-corrected chi connectivity index (χ2v) is 11.5. The number of fused-ring (bicyclic) bond motifs is 1. The summed E-state index contributed by atoms with van der Waals surface area (Å²) in [5, 5.41) is 13.8. The van der Waals surface area contributed by atoms with Crippen molar-refractivity contribution in [3.63, 3.8) is 0 Å². The number of hydrogen-bond acceptors (Lipinski definition) is 8. The number of carboxylic acid groups (broad SMARTS) is 1. The number of piperidine rings is 1. The van der Waals surface area contributed by atoms with Crippen LogP contribution >= 0.6 is 11.3 Å². The van der Waals surface area contributed by atoms with Gasteiger partial charge in [-0.05, 0) is 49.2 Å². The molecule has 0 spiro atoms. The summed E-state index contributed by atoms with van der Waals surface area (Å²) in [6.45, 7) is 0.449. The second kappa shape index (κ2) is 10.8. The molecule has 4 aromatic rings. The molecule has 0 radical (unpaired) electrons. The van der Waals surface area contributed by atoms with Gasteiger partial charge in [0.15, 0.2) is 10.9 Å². The average Bonchev–Trinajstić information content (AvgIpc) is 3.54. The van der Waals surface area contributed by atoms with E-state index in [1.54, 1.807) is 0 Å². The fraction of sp³-hybridized carbons (Fsp3) is 0.393. The van der Waals surface area contributed by atoms with Crippen LogP contribution in [0.15, 0.2) is 40.9 Å². The molecule has 1 saturated carbocycles. The fourth-order valence-corrected chi connectivity index (χ4v) is 6.05. The molecule has 0 atom stereocenters. The van der Waals surface area contributed by atoms with Gasteiger partial charge in [0.05, 0.1) is 23.5 Å². The molecule has 8 nitrogen and oxygen atoms in total. The van der Waals surface area contributed by atoms with E-state index in [1.807, 2.05) is 4.90 Å². The first-order valence-corrected chi connectivity index (χ1v) is 14.0. The number of aromatic carboxylic acids is 1. The Morgan fingerprint density at radius 3 is 2.52 bits per heavy atom. The molecular formula is C28H24F5N3O5S. The van der Waals surface area contributed by atoms with Gasteiger partial charge in [-0.2, -0.15) is 0 Å². The van der Waals surface area contributed by atoms with Crippen molar-refractivity contribution in [3.05, 3.63) is 59.1 Å². The number of hydrogen-bond donors (Lipinski definition) is 1. The Kier molecular flexibility index (Phi) is 7.29. The maximum absolute atomic E-state index is 15.7. The molecule has 6 rings (SSSR count). The fourth-order valence-electron chi connectivity index (χ4n) is 4.98. The van der Waals surface area contributed by atoms with Crippen molar-refractivity contribution in [2.75, 3.05) is 24.6 Å². The zero-order valence-electron chi connectivity index (χ0n) is 21.9. The lowest BCUT2D eigenvalue weighted by atomic mass is 9.94. The highest BCUT2D eigenvalue weighted by Gasteiger charge is 2.37. The summed E-state index contributed by atoms with van der Waals surface area (Å²) in [6.07, 6.45) is -2.70. The SMILES string of the molecule is O=C(O)c1cc(F)c2nc(N3CCC(F)(COCc4c(-c5ccc(OC(F)(F)F)cc5)noc4C4CC4)CC3)sc2c1. The molecule has 0 amide bonds. The predicted octanol–water partition coefficient (Wildman–Crippen LogP) is 7.09. The number of benzene rings is 2. The van der Waals surface area contributed by atoms with E-state index in [1.165, 1.54) is 30.3 Å². The summed E-state index contributed by atoms with van der Waals surface area (Å²) in [7, 11) is 0. The smallest absolute Gasteiger partial charge is 0.478 e. The Hall–Kier alpha value is -3.78. The zero-order valence-corrected chi connectivity index (χ0v) is 22.7. The Balaban J connectivity index is 1.10. The van der Waals surface area contributed by atoms with E-state index in [0.717, 1.165) is 30.2 Å². The van der Waals surface area contributed by atoms with Gasteiger partial charge in [0.2, 0.25) is 0 Å². The van der Waals surface area contributed by atoms with Gasteiger partial charge in [0.25, 0.3) is 0 Å². The molecule has 3 heterocycles. The number of rotatable bonds is 9. The number of anilines is 1. The number of alkyl halides is 4. The number of nitrogens with zero attached hydrogens (tertiary/aromatic N) is 3. The first kappa shape index (κ1) is 28.3. The molecular weight excluding hydrogens is 585 g/mol. The molecule has 14 heteroatoms. The highest BCUT2D eigenvalue weighted by atomic mass is 32.1. The number of ether oxygens (including phenoxy) is 2. The van der Waals surface area contributed by atoms with Crippen molar-refractivity contribution in [2.24, 2.45) is 0 Å². The van der Waals surface area contributed by atoms with Crippen LogP contribution in [0.25, 0.3) is 21.5 Å². The van der Waals surface area contributed by atoms with Crippen LogP contribution < -0.4 is 9.64 Å². The van der Waals surface area contributed by atoms with Crippen molar-refractivity contribution in [3.8, 4) is 17.0 Å². The largest absolute Gasteiger partial charge is 0.573 e. The molecule has 2 aromatic heterocycles. The summed E-state index contributed by atoms with van der Waals surface area (Å²) < 4.78 is 83.4. The van der Waals surface area contributed by atoms with Gasteiger partial charge in [-0.1, -0.05) is 16.5 Å². The Labute approximate surface area is 239 Å². The van der Waals surface area contributed by atoms with E-state index in [2.05, 4.69) is 14.9 Å². The second-order valence-electron chi connectivity index (χ2n) is 10.5. The topological polar surface area (TPSA) is 97.9 Å². The highest BCUT2D eigenvalue weighted by molar-refractivity contribution is 7.22. The third kappa shape index (κ3) is 6.04. The maximum Gasteiger partial charge on any atom is 0.573 e. The van der Waals surface area contributed by atoms with Crippen molar-refractivity contribution >= 4 is 32.7 Å². The normalized spacial score (nSPS) is 17.1. The number of carboxylic acids is 1. The van der Waals surface area contributed by atoms with E-state index in [4.69, 9.17) is 9.26 Å². The molecule has 1 aliphatic heterocycles. The van der Waals surface area contributed by atoms with Crippen LogP contribution in [-0.4, -0.2) is 52.9 Å². The molecule has 2 aromatic carbocycles. The first-order chi connectivity index (χ1) is 20.0. The minimum absolute atomic E-state index is 0.0178. The molecule has 0 bridgehead atoms. The van der Waals surface area contributed by atoms with Crippen LogP contribution in [0.5, 0.6) is 5.75 Å². The molecule has 2 fully saturated rings. The third-order valence-electron chi connectivity index (χ3n) is 7.35. The quantitative estimate of drug-likeness (QED) is 0.201. The molecule has 1 N–H and O–H groups in total. The standard InChI is InChI=1S/C28H24F5N3O5S/c29-20-11-17(25(37)38)12-21-23(20)34-26(42-21)36-9-7-27(30,8-10-36)14-39-13-19-22(35-41-24(19)16-1-2-16)15-3-5-18(6-4-15)40-28(31,32)33/h3-6,11-12,16H,1-2,7-10,13-14H2,(H,37,38). The number of halogens is 5. The van der Waals surface area contributed by atoms with Gasteiger partial charge in [0.1, 0.15) is 28.4 Å². The molecule has 0 unspecified atom stereocenters. The van der Waals surface area contributed by atoms with Gasteiger partial charge >= 0.3 is 12.3 Å². The number of thiazole rings is 1. The lowest BCUT2D eigenvalue weighted by Gasteiger charge is -2.36. The van der Waals surface area contributed by atoms with Gasteiger partial charge in [-0.3, -0.25) is 0 Å². The van der Waals surface area contributed by atoms with E-state index in [0.29, 0.717) is 45.5 Å². The highest BCUT2D eigenvalue weighted by Crippen LogP contribution is 2.44. The van der Waals surface area contributed by atoms with Gasteiger partial charge < -0.3 is 24.0 Å². The first-order valence-electron chi connectivity index (χ1n) is 13.2. The number of carbonyl (C=O) groups is 1. The lowest BCUT2D eigenvalue weighted by molar-refractivity contribution is -0.274. The summed E-state index contributed by atoms with van der Waals surface area (Å²) in [6, 6.07) is 7.58. The zero-order chi connectivity index (χ0) is 29.6. The van der Waals surface area contributed by atoms with Crippen LogP contribution in [-0.2, 0) is 11.3 Å². The van der Waals surface area contributed by atoms with Crippen molar-refractivity contribution in [1.29, 1.82) is 0 Å². The van der Waals surface area contributed by atoms with Gasteiger partial charge in [-0.15, -0.1) is 13.2 Å². The van der Waals surface area contributed by atoms with Crippen LogP contribution in [0.2, 0.25) is 0 Å². The van der Waals surface area contributed by atoms with E-state index < -0.39 is 23.8 Å². The predicted molar refractivity (Wildman–Crippen MR) is 142 cm³/mol. The molecule has 1 aliphatic carbocycles. The van der Waals surface area contributed by atoms with Crippen LogP contribution in [0.4, 0.5) is 27.1 Å². The van der Waals surface area contributed by atoms with Gasteiger partial charge in [0, 0.05) is 43.0 Å². The molecule has 42 heavy (non-hydrogen) atoms. The monoisotopic (exact) mass is 609 g/mol. The average molecular weight is 610 g/mol. The van der Waals surface area contributed by atoms with Crippen molar-refractivity contribution in [1.82, 2.24) is 10.1 Å². The van der Waals surface area contributed by atoms with Gasteiger partial charge in [-0.25, -0.2) is 18.6 Å². The molecule has 222 valence electrons. The Bertz CT molecular complexity index is 1610. The van der Waals surface area contributed by atoms with E-state index in [-0.39, 0.29) is 48.8 Å². The Morgan fingerprint density at radius 2 is 1.88 bits per heavy atom. The third-order valence-corrected chi connectivity index (χ3v) is 8.41. The molecule has 1 saturated heterocycles. The minimum Gasteiger partial charge on any atom is -0.478 e. The summed E-state index contributed by atoms with van der Waals surface area (Å²) >= 11 is 1.16. The van der Waals surface area contributed by atoms with E-state index >= 15 is 4.39 Å². The van der Waals surface area contributed by atoms with E-state index in [9.17, 15) is 27.5 Å². The summed E-state index contributed by atoms with van der Waals surface area (Å²) in [4.78, 5) is 17.4. The van der Waals surface area contributed by atoms with Crippen molar-refractivity contribution < 1.29 is 45.8 Å². The number of aromatic nitrogens is 2. The lowest BCUT2D eigenvalue weighted by Crippen LogP contribution is -2.44. The molecule has 2 aliphatic rings. The summed E-state index contributed by atoms with van der Waals surface area (Å²) in [5.74, 6) is -1.51. The van der Waals surface area contributed by atoms with Crippen molar-refractivity contribution in [2.45, 2.75) is 50.2 Å².